The molecule has 1 atom stereocenters. The summed E-state index contributed by atoms with van der Waals surface area (Å²) in [7, 11) is 0. The van der Waals surface area contributed by atoms with E-state index in [1.165, 1.54) is 6.07 Å². The van der Waals surface area contributed by atoms with E-state index in [4.69, 9.17) is 5.73 Å². The van der Waals surface area contributed by atoms with E-state index >= 15 is 0 Å². The first kappa shape index (κ1) is 16.1. The van der Waals surface area contributed by atoms with Crippen molar-refractivity contribution in [1.82, 2.24) is 5.32 Å². The number of nitrogens with one attached hydrogen (secondary N) is 1. The third-order valence-corrected chi connectivity index (χ3v) is 3.77. The molecule has 20 heavy (non-hydrogen) atoms. The van der Waals surface area contributed by atoms with Gasteiger partial charge in [0.2, 0.25) is 0 Å². The Hall–Kier alpha value is -1.95. The zero-order valence-corrected chi connectivity index (χ0v) is 12.3. The minimum absolute atomic E-state index is 0.0587. The van der Waals surface area contributed by atoms with Crippen LogP contribution in [0.1, 0.15) is 36.7 Å². The second-order valence-corrected chi connectivity index (χ2v) is 5.49. The quantitative estimate of drug-likeness (QED) is 0.636. The van der Waals surface area contributed by atoms with E-state index in [-0.39, 0.29) is 23.1 Å². The summed E-state index contributed by atoms with van der Waals surface area (Å²) in [6.45, 7) is 7.72. The third-order valence-electron chi connectivity index (χ3n) is 3.77. The van der Waals surface area contributed by atoms with Crippen LogP contribution in [0.25, 0.3) is 0 Å². The van der Waals surface area contributed by atoms with Crippen LogP contribution in [-0.4, -0.2) is 22.9 Å². The summed E-state index contributed by atoms with van der Waals surface area (Å²) >= 11 is 0. The highest BCUT2D eigenvalue weighted by Gasteiger charge is 2.29. The van der Waals surface area contributed by atoms with Crippen LogP contribution in [0.5, 0.6) is 0 Å². The molecule has 1 rings (SSSR count). The fraction of sp³-hybridized carbons (Fsp3) is 0.500. The van der Waals surface area contributed by atoms with Gasteiger partial charge in [-0.25, -0.2) is 0 Å². The maximum atomic E-state index is 12.2. The van der Waals surface area contributed by atoms with Crippen molar-refractivity contribution in [3.8, 4) is 0 Å². The molecule has 0 heterocycles. The fourth-order valence-electron chi connectivity index (χ4n) is 1.71. The molecule has 6 heteroatoms. The number of nitro groups is 1. The van der Waals surface area contributed by atoms with Gasteiger partial charge in [-0.3, -0.25) is 14.9 Å². The maximum Gasteiger partial charge on any atom is 0.273 e. The molecule has 0 saturated carbocycles. The molecular weight excluding hydrogens is 258 g/mol. The van der Waals surface area contributed by atoms with Crippen molar-refractivity contribution in [2.45, 2.75) is 33.2 Å². The standard InChI is InChI=1S/C14H21N3O3/c1-9(2)14(4,8-15)16-13(18)11-6-5-10(3)12(7-11)17(19)20/h5-7,9H,8,15H2,1-4H3,(H,16,18). The molecule has 0 aliphatic carbocycles. The van der Waals surface area contributed by atoms with Crippen LogP contribution >= 0.6 is 0 Å². The number of aryl methyl sites for hydroxylation is 1. The van der Waals surface area contributed by atoms with E-state index in [1.807, 2.05) is 20.8 Å². The molecule has 1 aromatic carbocycles. The Bertz CT molecular complexity index is 528. The van der Waals surface area contributed by atoms with Gasteiger partial charge in [0.1, 0.15) is 0 Å². The fourth-order valence-corrected chi connectivity index (χ4v) is 1.71. The van der Waals surface area contributed by atoms with Crippen molar-refractivity contribution in [2.24, 2.45) is 11.7 Å². The van der Waals surface area contributed by atoms with Crippen LogP contribution in [0, 0.1) is 23.0 Å². The second kappa shape index (κ2) is 6.00. The summed E-state index contributed by atoms with van der Waals surface area (Å²) in [5, 5.41) is 13.8. The molecule has 1 aromatic rings. The molecule has 110 valence electrons. The molecule has 0 fully saturated rings. The molecule has 0 radical (unpaired) electrons. The Morgan fingerprint density at radius 2 is 2.10 bits per heavy atom. The average Bonchev–Trinajstić information content (AvgIpc) is 2.38. The van der Waals surface area contributed by atoms with Gasteiger partial charge < -0.3 is 11.1 Å². The molecule has 0 aromatic heterocycles. The Labute approximate surface area is 118 Å². The van der Waals surface area contributed by atoms with E-state index in [0.29, 0.717) is 12.1 Å². The number of rotatable bonds is 5. The lowest BCUT2D eigenvalue weighted by Crippen LogP contribution is -2.55. The van der Waals surface area contributed by atoms with Gasteiger partial charge in [-0.2, -0.15) is 0 Å². The van der Waals surface area contributed by atoms with Crippen molar-refractivity contribution < 1.29 is 9.72 Å². The molecule has 0 saturated heterocycles. The van der Waals surface area contributed by atoms with Crippen LogP contribution < -0.4 is 11.1 Å². The molecule has 0 spiro atoms. The lowest BCUT2D eigenvalue weighted by molar-refractivity contribution is -0.385. The monoisotopic (exact) mass is 279 g/mol. The zero-order chi connectivity index (χ0) is 15.5. The van der Waals surface area contributed by atoms with Crippen molar-refractivity contribution in [1.29, 1.82) is 0 Å². The van der Waals surface area contributed by atoms with E-state index in [9.17, 15) is 14.9 Å². The molecule has 0 aliphatic rings. The van der Waals surface area contributed by atoms with E-state index in [0.717, 1.165) is 0 Å². The average molecular weight is 279 g/mol. The predicted octanol–water partition coefficient (Wildman–Crippen LogP) is 2.01. The number of nitrogens with zero attached hydrogens (tertiary/aromatic N) is 1. The molecule has 3 N–H and O–H groups in total. The van der Waals surface area contributed by atoms with Gasteiger partial charge >= 0.3 is 0 Å². The Morgan fingerprint density at radius 3 is 2.55 bits per heavy atom. The molecule has 1 amide bonds. The van der Waals surface area contributed by atoms with Gasteiger partial charge in [-0.15, -0.1) is 0 Å². The van der Waals surface area contributed by atoms with Gasteiger partial charge in [0.25, 0.3) is 11.6 Å². The lowest BCUT2D eigenvalue weighted by Gasteiger charge is -2.33. The molecule has 6 nitrogen and oxygen atoms in total. The highest BCUT2D eigenvalue weighted by molar-refractivity contribution is 5.95. The van der Waals surface area contributed by atoms with Crippen molar-refractivity contribution >= 4 is 11.6 Å². The summed E-state index contributed by atoms with van der Waals surface area (Å²) in [4.78, 5) is 22.6. The van der Waals surface area contributed by atoms with Crippen molar-refractivity contribution in [2.75, 3.05) is 6.54 Å². The molecular formula is C14H21N3O3. The van der Waals surface area contributed by atoms with Gasteiger partial charge in [0.15, 0.2) is 0 Å². The van der Waals surface area contributed by atoms with Crippen LogP contribution in [-0.2, 0) is 0 Å². The zero-order valence-electron chi connectivity index (χ0n) is 12.3. The van der Waals surface area contributed by atoms with Crippen LogP contribution in [0.3, 0.4) is 0 Å². The minimum atomic E-state index is -0.545. The number of carbonyl (C=O) groups excluding carboxylic acids is 1. The molecule has 0 bridgehead atoms. The Morgan fingerprint density at radius 1 is 1.50 bits per heavy atom. The topological polar surface area (TPSA) is 98.3 Å². The van der Waals surface area contributed by atoms with Crippen LogP contribution in [0.4, 0.5) is 5.69 Å². The lowest BCUT2D eigenvalue weighted by atomic mass is 9.88. The van der Waals surface area contributed by atoms with Gasteiger partial charge in [0.05, 0.1) is 10.5 Å². The van der Waals surface area contributed by atoms with Crippen LogP contribution in [0.15, 0.2) is 18.2 Å². The third kappa shape index (κ3) is 3.33. The van der Waals surface area contributed by atoms with E-state index < -0.39 is 10.5 Å². The SMILES string of the molecule is Cc1ccc(C(=O)NC(C)(CN)C(C)C)cc1[N+](=O)[O-]. The normalized spacial score (nSPS) is 13.9. The maximum absolute atomic E-state index is 12.2. The Kier molecular flexibility index (Phi) is 4.83. The van der Waals surface area contributed by atoms with Gasteiger partial charge in [-0.05, 0) is 25.8 Å². The van der Waals surface area contributed by atoms with Crippen LogP contribution in [0.2, 0.25) is 0 Å². The summed E-state index contributed by atoms with van der Waals surface area (Å²) in [6.07, 6.45) is 0. The summed E-state index contributed by atoms with van der Waals surface area (Å²) in [5.41, 5.74) is 5.90. The first-order valence-electron chi connectivity index (χ1n) is 6.49. The Balaban J connectivity index is 3.04. The summed E-state index contributed by atoms with van der Waals surface area (Å²) in [6, 6.07) is 4.44. The number of hydrogen-bond acceptors (Lipinski definition) is 4. The minimum Gasteiger partial charge on any atom is -0.345 e. The highest BCUT2D eigenvalue weighted by Crippen LogP contribution is 2.21. The number of nitrogens with two attached hydrogens (primary N) is 1. The number of amides is 1. The molecule has 0 aliphatic heterocycles. The van der Waals surface area contributed by atoms with Gasteiger partial charge in [0, 0.05) is 23.7 Å². The van der Waals surface area contributed by atoms with Crippen molar-refractivity contribution in [3.05, 3.63) is 39.4 Å². The van der Waals surface area contributed by atoms with E-state index in [2.05, 4.69) is 5.32 Å². The predicted molar refractivity (Wildman–Crippen MR) is 77.6 cm³/mol. The number of benzene rings is 1. The van der Waals surface area contributed by atoms with E-state index in [1.54, 1.807) is 19.1 Å². The highest BCUT2D eigenvalue weighted by atomic mass is 16.6. The van der Waals surface area contributed by atoms with Crippen molar-refractivity contribution in [3.63, 3.8) is 0 Å². The van der Waals surface area contributed by atoms with Gasteiger partial charge in [-0.1, -0.05) is 19.9 Å². The number of carbonyl (C=O) groups is 1. The number of nitro benzene ring substituents is 1. The smallest absolute Gasteiger partial charge is 0.273 e. The first-order chi connectivity index (χ1) is 9.21. The summed E-state index contributed by atoms with van der Waals surface area (Å²) in [5.74, 6) is -0.202. The number of hydrogen-bond donors (Lipinski definition) is 2. The summed E-state index contributed by atoms with van der Waals surface area (Å²) < 4.78 is 0. The first-order valence-corrected chi connectivity index (χ1v) is 6.49. The second-order valence-electron chi connectivity index (χ2n) is 5.49. The largest absolute Gasteiger partial charge is 0.345 e. The molecule has 1 unspecified atom stereocenters.